The van der Waals surface area contributed by atoms with E-state index in [0.29, 0.717) is 32.1 Å². The summed E-state index contributed by atoms with van der Waals surface area (Å²) in [5, 5.41) is 12.9. The van der Waals surface area contributed by atoms with Gasteiger partial charge < -0.3 is 20.1 Å². The number of fused-ring (bicyclic) bond motifs is 1. The summed E-state index contributed by atoms with van der Waals surface area (Å²) in [5.41, 5.74) is 2.58. The summed E-state index contributed by atoms with van der Waals surface area (Å²) in [6.07, 6.45) is 2.16. The van der Waals surface area contributed by atoms with Crippen molar-refractivity contribution in [3.63, 3.8) is 0 Å². The van der Waals surface area contributed by atoms with Crippen molar-refractivity contribution in [1.82, 2.24) is 10.2 Å². The van der Waals surface area contributed by atoms with Gasteiger partial charge in [-0.3, -0.25) is 0 Å². The summed E-state index contributed by atoms with van der Waals surface area (Å²) >= 11 is 0. The first kappa shape index (κ1) is 17.2. The van der Waals surface area contributed by atoms with Gasteiger partial charge in [-0.05, 0) is 43.2 Å². The summed E-state index contributed by atoms with van der Waals surface area (Å²) in [5.74, 6) is 0.542. The van der Waals surface area contributed by atoms with Crippen LogP contribution in [-0.4, -0.2) is 47.9 Å². The highest BCUT2D eigenvalue weighted by Crippen LogP contribution is 2.37. The van der Waals surface area contributed by atoms with Gasteiger partial charge in [0.2, 0.25) is 0 Å². The number of aliphatic hydroxyl groups is 1. The van der Waals surface area contributed by atoms with E-state index in [1.807, 2.05) is 11.0 Å². The molecule has 1 aliphatic heterocycles. The minimum Gasteiger partial charge on any atom is -0.393 e. The Morgan fingerprint density at radius 2 is 2.12 bits per heavy atom. The number of carbonyl (C=O) groups excluding carboxylic acids is 1. The zero-order valence-electron chi connectivity index (χ0n) is 14.6. The molecule has 1 aliphatic carbocycles. The fraction of sp³-hybridized carbons (Fsp3) is 0.632. The molecule has 1 aromatic carbocycles. The lowest BCUT2D eigenvalue weighted by Gasteiger charge is -2.38. The van der Waals surface area contributed by atoms with Crippen LogP contribution in [0.2, 0.25) is 0 Å². The van der Waals surface area contributed by atoms with Crippen molar-refractivity contribution in [2.45, 2.75) is 57.2 Å². The number of benzene rings is 1. The van der Waals surface area contributed by atoms with Crippen molar-refractivity contribution in [2.75, 3.05) is 19.8 Å². The molecule has 1 aromatic rings. The van der Waals surface area contributed by atoms with E-state index in [1.165, 1.54) is 11.1 Å². The summed E-state index contributed by atoms with van der Waals surface area (Å²) < 4.78 is 5.49. The Morgan fingerprint density at radius 3 is 2.88 bits per heavy atom. The Hall–Kier alpha value is -1.59. The Bertz CT molecular complexity index is 575. The molecule has 5 heteroatoms. The predicted octanol–water partition coefficient (Wildman–Crippen LogP) is 2.81. The summed E-state index contributed by atoms with van der Waals surface area (Å²) in [6.45, 7) is 5.63. The third-order valence-corrected chi connectivity index (χ3v) is 5.19. The number of urea groups is 1. The highest BCUT2D eigenvalue weighted by atomic mass is 16.5. The zero-order valence-corrected chi connectivity index (χ0v) is 14.6. The maximum atomic E-state index is 12.8. The number of ether oxygens (including phenoxy) is 1. The number of nitrogens with zero attached hydrogens (tertiary/aromatic N) is 1. The quantitative estimate of drug-likeness (QED) is 0.895. The number of aliphatic hydroxyl groups excluding tert-OH is 1. The topological polar surface area (TPSA) is 61.8 Å². The standard InChI is InChI=1S/C19H28N2O3/c1-13-7-8-18(17-6-4-3-5-16(13)17)20-19(23)21-9-10-24-12-15(21)11-14(2)22/h3-6,13-15,18,22H,7-12H2,1-2H3,(H,20,23). The highest BCUT2D eigenvalue weighted by Gasteiger charge is 2.31. The highest BCUT2D eigenvalue weighted by molar-refractivity contribution is 5.75. The van der Waals surface area contributed by atoms with Crippen molar-refractivity contribution in [1.29, 1.82) is 0 Å². The van der Waals surface area contributed by atoms with Crippen LogP contribution in [-0.2, 0) is 4.74 Å². The van der Waals surface area contributed by atoms with Gasteiger partial charge in [0.15, 0.2) is 0 Å². The van der Waals surface area contributed by atoms with Crippen LogP contribution in [0.3, 0.4) is 0 Å². The lowest BCUT2D eigenvalue weighted by Crippen LogP contribution is -2.54. The van der Waals surface area contributed by atoms with Crippen LogP contribution in [0.4, 0.5) is 4.79 Å². The number of morpholine rings is 1. The number of hydrogen-bond donors (Lipinski definition) is 2. The summed E-state index contributed by atoms with van der Waals surface area (Å²) in [7, 11) is 0. The minimum atomic E-state index is -0.441. The van der Waals surface area contributed by atoms with Gasteiger partial charge >= 0.3 is 6.03 Å². The number of carbonyl (C=O) groups is 1. The molecule has 2 aliphatic rings. The lowest BCUT2D eigenvalue weighted by atomic mass is 9.81. The van der Waals surface area contributed by atoms with Gasteiger partial charge in [-0.15, -0.1) is 0 Å². The van der Waals surface area contributed by atoms with E-state index < -0.39 is 6.10 Å². The molecule has 4 atom stereocenters. The first-order chi connectivity index (χ1) is 11.6. The van der Waals surface area contributed by atoms with Gasteiger partial charge in [0, 0.05) is 6.54 Å². The maximum Gasteiger partial charge on any atom is 0.318 e. The molecule has 0 bridgehead atoms. The molecule has 24 heavy (non-hydrogen) atoms. The van der Waals surface area contributed by atoms with Crippen LogP contribution in [0, 0.1) is 0 Å². The summed E-state index contributed by atoms with van der Waals surface area (Å²) in [6, 6.07) is 8.38. The van der Waals surface area contributed by atoms with E-state index in [0.717, 1.165) is 12.8 Å². The smallest absolute Gasteiger partial charge is 0.318 e. The van der Waals surface area contributed by atoms with E-state index in [-0.39, 0.29) is 18.1 Å². The van der Waals surface area contributed by atoms with Gasteiger partial charge in [-0.1, -0.05) is 31.2 Å². The fourth-order valence-electron chi connectivity index (χ4n) is 3.90. The van der Waals surface area contributed by atoms with Crippen molar-refractivity contribution in [3.8, 4) is 0 Å². The molecule has 1 saturated heterocycles. The molecule has 1 heterocycles. The van der Waals surface area contributed by atoms with Crippen molar-refractivity contribution in [2.24, 2.45) is 0 Å². The number of nitrogens with one attached hydrogen (secondary N) is 1. The molecule has 2 N–H and O–H groups in total. The number of amides is 2. The lowest BCUT2D eigenvalue weighted by molar-refractivity contribution is -0.00494. The molecule has 4 unspecified atom stereocenters. The molecule has 0 radical (unpaired) electrons. The Kier molecular flexibility index (Phi) is 5.41. The van der Waals surface area contributed by atoms with Crippen LogP contribution in [0.1, 0.15) is 56.2 Å². The maximum absolute atomic E-state index is 12.8. The molecular weight excluding hydrogens is 304 g/mol. The molecule has 3 rings (SSSR count). The molecule has 5 nitrogen and oxygen atoms in total. The first-order valence-electron chi connectivity index (χ1n) is 8.98. The minimum absolute atomic E-state index is 0.0432. The predicted molar refractivity (Wildman–Crippen MR) is 93.0 cm³/mol. The second-order valence-corrected chi connectivity index (χ2v) is 7.12. The van der Waals surface area contributed by atoms with E-state index in [9.17, 15) is 9.90 Å². The van der Waals surface area contributed by atoms with Gasteiger partial charge in [0.25, 0.3) is 0 Å². The van der Waals surface area contributed by atoms with Crippen LogP contribution < -0.4 is 5.32 Å². The second kappa shape index (κ2) is 7.53. The SMILES string of the molecule is CC(O)CC1COCCN1C(=O)NC1CCC(C)c2ccccc21. The van der Waals surface area contributed by atoms with Gasteiger partial charge in [-0.2, -0.15) is 0 Å². The van der Waals surface area contributed by atoms with Crippen molar-refractivity contribution in [3.05, 3.63) is 35.4 Å². The van der Waals surface area contributed by atoms with Gasteiger partial charge in [0.05, 0.1) is 31.4 Å². The van der Waals surface area contributed by atoms with Crippen molar-refractivity contribution >= 4 is 6.03 Å². The number of hydrogen-bond acceptors (Lipinski definition) is 3. The Labute approximate surface area is 144 Å². The Balaban J connectivity index is 1.71. The normalized spacial score (nSPS) is 28.1. The average molecular weight is 332 g/mol. The van der Waals surface area contributed by atoms with Gasteiger partial charge in [0.1, 0.15) is 0 Å². The molecule has 2 amide bonds. The monoisotopic (exact) mass is 332 g/mol. The van der Waals surface area contributed by atoms with E-state index in [1.54, 1.807) is 6.92 Å². The van der Waals surface area contributed by atoms with Gasteiger partial charge in [-0.25, -0.2) is 4.79 Å². The summed E-state index contributed by atoms with van der Waals surface area (Å²) in [4.78, 5) is 14.7. The average Bonchev–Trinajstić information content (AvgIpc) is 2.57. The first-order valence-corrected chi connectivity index (χ1v) is 8.98. The van der Waals surface area contributed by atoms with Crippen molar-refractivity contribution < 1.29 is 14.6 Å². The molecular formula is C19H28N2O3. The zero-order chi connectivity index (χ0) is 17.1. The van der Waals surface area contributed by atoms with Crippen LogP contribution in [0.5, 0.6) is 0 Å². The third kappa shape index (κ3) is 3.73. The Morgan fingerprint density at radius 1 is 1.38 bits per heavy atom. The van der Waals surface area contributed by atoms with E-state index in [4.69, 9.17) is 4.74 Å². The van der Waals surface area contributed by atoms with Crippen LogP contribution >= 0.6 is 0 Å². The van der Waals surface area contributed by atoms with E-state index in [2.05, 4.69) is 30.4 Å². The molecule has 0 spiro atoms. The molecule has 1 fully saturated rings. The fourth-order valence-corrected chi connectivity index (χ4v) is 3.90. The van der Waals surface area contributed by atoms with E-state index >= 15 is 0 Å². The van der Waals surface area contributed by atoms with Crippen LogP contribution in [0.15, 0.2) is 24.3 Å². The van der Waals surface area contributed by atoms with Crippen LogP contribution in [0.25, 0.3) is 0 Å². The molecule has 0 saturated carbocycles. The molecule has 132 valence electrons. The number of rotatable bonds is 3. The second-order valence-electron chi connectivity index (χ2n) is 7.12. The molecule has 0 aromatic heterocycles. The third-order valence-electron chi connectivity index (χ3n) is 5.19. The largest absolute Gasteiger partial charge is 0.393 e.